The Bertz CT molecular complexity index is 2550. The number of thiophene rings is 1. The Morgan fingerprint density at radius 1 is 0.543 bits per heavy atom. The van der Waals surface area contributed by atoms with Gasteiger partial charge in [0.1, 0.15) is 0 Å². The summed E-state index contributed by atoms with van der Waals surface area (Å²) in [6, 6.07) is 47.6. The molecule has 0 atom stereocenters. The van der Waals surface area contributed by atoms with E-state index < -0.39 is 0 Å². The summed E-state index contributed by atoms with van der Waals surface area (Å²) in [6.07, 6.45) is 0. The Balaban J connectivity index is 1.51. The van der Waals surface area contributed by atoms with Gasteiger partial charge in [0.15, 0.2) is 0 Å². The molecule has 0 aliphatic rings. The second-order valence-corrected chi connectivity index (χ2v) is 14.1. The highest BCUT2D eigenvalue weighted by atomic mass is 32.1. The highest BCUT2D eigenvalue weighted by Crippen LogP contribution is 2.48. The molecule has 0 radical (unpaired) electrons. The van der Waals surface area contributed by atoms with Gasteiger partial charge in [0, 0.05) is 52.8 Å². The summed E-state index contributed by atoms with van der Waals surface area (Å²) in [5, 5.41) is 7.57. The van der Waals surface area contributed by atoms with E-state index in [2.05, 4.69) is 147 Å². The molecule has 3 aromatic heterocycles. The normalized spacial score (nSPS) is 12.2. The zero-order valence-electron chi connectivity index (χ0n) is 26.0. The lowest BCUT2D eigenvalue weighted by molar-refractivity contribution is 0.591. The molecule has 0 amide bonds. The molecule has 3 heterocycles. The Kier molecular flexibility index (Phi) is 5.93. The predicted octanol–water partition coefficient (Wildman–Crippen LogP) is 11.7. The van der Waals surface area contributed by atoms with Crippen LogP contribution in [0.4, 0.5) is 0 Å². The van der Waals surface area contributed by atoms with Crippen LogP contribution in [0.1, 0.15) is 26.3 Å². The molecular weight excluding hydrogens is 579 g/mol. The Morgan fingerprint density at radius 3 is 1.78 bits per heavy atom. The van der Waals surface area contributed by atoms with E-state index in [4.69, 9.17) is 9.97 Å². The average molecular weight is 610 g/mol. The number of hydrogen-bond acceptors (Lipinski definition) is 3. The molecule has 4 heteroatoms. The van der Waals surface area contributed by atoms with Gasteiger partial charge in [-0.05, 0) is 35.2 Å². The predicted molar refractivity (Wildman–Crippen MR) is 196 cm³/mol. The van der Waals surface area contributed by atoms with Crippen LogP contribution >= 0.6 is 11.3 Å². The van der Waals surface area contributed by atoms with Crippen molar-refractivity contribution in [2.24, 2.45) is 0 Å². The zero-order valence-corrected chi connectivity index (χ0v) is 26.8. The van der Waals surface area contributed by atoms with Crippen molar-refractivity contribution in [3.63, 3.8) is 0 Å². The van der Waals surface area contributed by atoms with E-state index in [-0.39, 0.29) is 5.41 Å². The summed E-state index contributed by atoms with van der Waals surface area (Å²) >= 11 is 1.89. The molecule has 6 aromatic carbocycles. The summed E-state index contributed by atoms with van der Waals surface area (Å²) in [5.41, 5.74) is 7.50. The molecule has 0 N–H and O–H groups in total. The van der Waals surface area contributed by atoms with E-state index in [0.29, 0.717) is 5.95 Å². The molecule has 46 heavy (non-hydrogen) atoms. The molecule has 0 fully saturated rings. The number of benzene rings is 6. The third-order valence-electron chi connectivity index (χ3n) is 9.16. The standard InChI is InChI=1S/C42H31N3S/c1-42(2,3)28-22-23-35-32(24-28)37-38-31-20-12-13-21-36(31)46-40(38)30-19-11-10-18-29(30)39(37)45(35)41-43-33(26-14-6-4-7-15-26)25-34(44-41)27-16-8-5-9-17-27/h4-25H,1-3H3. The van der Waals surface area contributed by atoms with Gasteiger partial charge in [-0.15, -0.1) is 11.3 Å². The quantitative estimate of drug-likeness (QED) is 0.199. The third-order valence-corrected chi connectivity index (χ3v) is 10.4. The van der Waals surface area contributed by atoms with Crippen molar-refractivity contribution in [1.29, 1.82) is 0 Å². The SMILES string of the molecule is CC(C)(C)c1ccc2c(c1)c1c3c4ccccc4sc3c3ccccc3c1n2-c1nc(-c2ccccc2)cc(-c2ccccc2)n1. The molecule has 0 bridgehead atoms. The van der Waals surface area contributed by atoms with Gasteiger partial charge in [0.2, 0.25) is 5.95 Å². The fourth-order valence-electron chi connectivity index (χ4n) is 6.89. The minimum absolute atomic E-state index is 0.000500. The lowest BCUT2D eigenvalue weighted by atomic mass is 9.86. The van der Waals surface area contributed by atoms with Gasteiger partial charge in [0.25, 0.3) is 0 Å². The molecule has 3 nitrogen and oxygen atoms in total. The number of aromatic nitrogens is 3. The topological polar surface area (TPSA) is 30.7 Å². The summed E-state index contributed by atoms with van der Waals surface area (Å²) in [4.78, 5) is 10.7. The lowest BCUT2D eigenvalue weighted by Crippen LogP contribution is -2.10. The van der Waals surface area contributed by atoms with E-state index >= 15 is 0 Å². The Morgan fingerprint density at radius 2 is 1.13 bits per heavy atom. The zero-order chi connectivity index (χ0) is 31.0. The van der Waals surface area contributed by atoms with Crippen molar-refractivity contribution in [3.8, 4) is 28.5 Å². The van der Waals surface area contributed by atoms with Gasteiger partial charge in [-0.2, -0.15) is 0 Å². The fraction of sp³-hybridized carbons (Fsp3) is 0.0952. The average Bonchev–Trinajstić information content (AvgIpc) is 3.65. The molecule has 220 valence electrons. The van der Waals surface area contributed by atoms with Gasteiger partial charge < -0.3 is 0 Å². The van der Waals surface area contributed by atoms with Gasteiger partial charge in [-0.25, -0.2) is 9.97 Å². The number of rotatable bonds is 3. The maximum atomic E-state index is 5.33. The van der Waals surface area contributed by atoms with Gasteiger partial charge in [-0.1, -0.05) is 130 Å². The van der Waals surface area contributed by atoms with E-state index in [1.54, 1.807) is 0 Å². The van der Waals surface area contributed by atoms with Crippen LogP contribution in [0.25, 0.3) is 81.2 Å². The van der Waals surface area contributed by atoms with E-state index in [1.807, 2.05) is 23.5 Å². The molecular formula is C42H31N3S. The van der Waals surface area contributed by atoms with Gasteiger partial charge >= 0.3 is 0 Å². The number of fused-ring (bicyclic) bond motifs is 10. The summed E-state index contributed by atoms with van der Waals surface area (Å²) in [5.74, 6) is 0.674. The summed E-state index contributed by atoms with van der Waals surface area (Å²) in [7, 11) is 0. The van der Waals surface area contributed by atoms with Crippen LogP contribution in [-0.4, -0.2) is 14.5 Å². The Labute approximate surface area is 271 Å². The monoisotopic (exact) mass is 609 g/mol. The van der Waals surface area contributed by atoms with Crippen LogP contribution in [0.3, 0.4) is 0 Å². The van der Waals surface area contributed by atoms with Crippen LogP contribution < -0.4 is 0 Å². The summed E-state index contributed by atoms with van der Waals surface area (Å²) < 4.78 is 4.95. The molecule has 0 spiro atoms. The lowest BCUT2D eigenvalue weighted by Gasteiger charge is -2.19. The fourth-order valence-corrected chi connectivity index (χ4v) is 8.14. The summed E-state index contributed by atoms with van der Waals surface area (Å²) in [6.45, 7) is 6.87. The molecule has 0 saturated carbocycles. The molecule has 0 aliphatic heterocycles. The van der Waals surface area contributed by atoms with Crippen molar-refractivity contribution in [2.75, 3.05) is 0 Å². The molecule has 0 aliphatic carbocycles. The molecule has 0 unspecified atom stereocenters. The Hall–Kier alpha value is -5.32. The highest BCUT2D eigenvalue weighted by molar-refractivity contribution is 7.27. The van der Waals surface area contributed by atoms with Crippen molar-refractivity contribution in [2.45, 2.75) is 26.2 Å². The first-order chi connectivity index (χ1) is 22.5. The number of hydrogen-bond donors (Lipinski definition) is 0. The van der Waals surface area contributed by atoms with Gasteiger partial charge in [0.05, 0.1) is 22.4 Å². The van der Waals surface area contributed by atoms with Crippen LogP contribution in [0.2, 0.25) is 0 Å². The van der Waals surface area contributed by atoms with E-state index in [9.17, 15) is 0 Å². The third kappa shape index (κ3) is 4.10. The largest absolute Gasteiger partial charge is 0.277 e. The smallest absolute Gasteiger partial charge is 0.235 e. The second kappa shape index (κ2) is 10.1. The van der Waals surface area contributed by atoms with Crippen LogP contribution in [-0.2, 0) is 5.41 Å². The molecule has 0 saturated heterocycles. The number of nitrogens with zero attached hydrogens (tertiary/aromatic N) is 3. The van der Waals surface area contributed by atoms with Gasteiger partial charge in [-0.3, -0.25) is 4.57 Å². The van der Waals surface area contributed by atoms with Crippen molar-refractivity contribution >= 4 is 64.1 Å². The first-order valence-electron chi connectivity index (χ1n) is 15.8. The van der Waals surface area contributed by atoms with Crippen molar-refractivity contribution in [3.05, 3.63) is 139 Å². The van der Waals surface area contributed by atoms with Crippen molar-refractivity contribution in [1.82, 2.24) is 14.5 Å². The van der Waals surface area contributed by atoms with Crippen LogP contribution in [0, 0.1) is 0 Å². The maximum Gasteiger partial charge on any atom is 0.235 e. The van der Waals surface area contributed by atoms with Crippen molar-refractivity contribution < 1.29 is 0 Å². The van der Waals surface area contributed by atoms with E-state index in [0.717, 1.165) is 33.5 Å². The van der Waals surface area contributed by atoms with E-state index in [1.165, 1.54) is 47.3 Å². The minimum Gasteiger partial charge on any atom is -0.277 e. The highest BCUT2D eigenvalue weighted by Gasteiger charge is 2.25. The van der Waals surface area contributed by atoms with Crippen LogP contribution in [0.5, 0.6) is 0 Å². The van der Waals surface area contributed by atoms with Crippen LogP contribution in [0.15, 0.2) is 133 Å². The minimum atomic E-state index is -0.000500. The molecule has 9 aromatic rings. The first kappa shape index (κ1) is 27.0. The molecule has 9 rings (SSSR count). The second-order valence-electron chi connectivity index (χ2n) is 13.1. The maximum absolute atomic E-state index is 5.33. The first-order valence-corrected chi connectivity index (χ1v) is 16.6.